The molecule has 0 spiro atoms. The number of aromatic nitrogens is 3. The number of nitrogens with one attached hydrogen (secondary N) is 1. The van der Waals surface area contributed by atoms with Crippen molar-refractivity contribution >= 4 is 34.2 Å². The summed E-state index contributed by atoms with van der Waals surface area (Å²) in [5.41, 5.74) is 0.861. The topological polar surface area (TPSA) is 72.2 Å². The van der Waals surface area contributed by atoms with Crippen LogP contribution in [-0.2, 0) is 0 Å². The molecule has 1 aromatic carbocycles. The smallest absolute Gasteiger partial charge is 0.296 e. The molecule has 0 atom stereocenters. The minimum Gasteiger partial charge on any atom is -0.299 e. The number of aliphatic imine (C=N–C) groups is 1. The minimum atomic E-state index is -0.337. The zero-order valence-electron chi connectivity index (χ0n) is 12.5. The number of nitrogens with zero attached hydrogens (tertiary/aromatic N) is 4. The molecule has 0 aliphatic carbocycles. The van der Waals surface area contributed by atoms with Gasteiger partial charge in [0.15, 0.2) is 11.0 Å². The van der Waals surface area contributed by atoms with E-state index in [1.54, 1.807) is 16.0 Å². The Hall–Kier alpha value is -2.45. The van der Waals surface area contributed by atoms with Gasteiger partial charge in [-0.2, -0.15) is 0 Å². The minimum absolute atomic E-state index is 0.137. The Morgan fingerprint density at radius 2 is 2.04 bits per heavy atom. The van der Waals surface area contributed by atoms with Gasteiger partial charge in [-0.15, -0.1) is 16.4 Å². The van der Waals surface area contributed by atoms with Crippen molar-refractivity contribution in [2.45, 2.75) is 0 Å². The highest BCUT2D eigenvalue weighted by Gasteiger charge is 2.21. The van der Waals surface area contributed by atoms with Gasteiger partial charge in [0.2, 0.25) is 5.82 Å². The number of para-hydroxylation sites is 1. The van der Waals surface area contributed by atoms with Gasteiger partial charge < -0.3 is 0 Å². The molecule has 1 N–H and O–H groups in total. The van der Waals surface area contributed by atoms with Gasteiger partial charge >= 0.3 is 0 Å². The quantitative estimate of drug-likeness (QED) is 0.784. The highest BCUT2D eigenvalue weighted by molar-refractivity contribution is 8.14. The van der Waals surface area contributed by atoms with Crippen LogP contribution >= 0.6 is 23.1 Å². The Morgan fingerprint density at radius 1 is 1.17 bits per heavy atom. The molecule has 1 amide bonds. The van der Waals surface area contributed by atoms with E-state index in [1.807, 2.05) is 47.8 Å². The van der Waals surface area contributed by atoms with Crippen LogP contribution in [0.5, 0.6) is 0 Å². The first-order valence-electron chi connectivity index (χ1n) is 7.36. The fraction of sp³-hybridized carbons (Fsp3) is 0.125. The van der Waals surface area contributed by atoms with Crippen molar-refractivity contribution in [3.63, 3.8) is 0 Å². The third-order valence-corrected chi connectivity index (χ3v) is 5.12. The Kier molecular flexibility index (Phi) is 4.14. The maximum atomic E-state index is 12.4. The summed E-state index contributed by atoms with van der Waals surface area (Å²) in [5, 5.41) is 9.79. The SMILES string of the molecule is O=C(NC1=NCCS1)c1nc(-c2cccs2)n(-c2ccccc2)n1. The number of rotatable bonds is 3. The summed E-state index contributed by atoms with van der Waals surface area (Å²) in [6.45, 7) is 0.729. The van der Waals surface area contributed by atoms with E-state index in [-0.39, 0.29) is 11.7 Å². The van der Waals surface area contributed by atoms with Crippen molar-refractivity contribution in [3.05, 3.63) is 53.7 Å². The van der Waals surface area contributed by atoms with Crippen LogP contribution in [0, 0.1) is 0 Å². The number of amides is 1. The molecule has 4 rings (SSSR count). The fourth-order valence-corrected chi connectivity index (χ4v) is 3.71. The van der Waals surface area contributed by atoms with Crippen LogP contribution in [0.1, 0.15) is 10.6 Å². The molecule has 0 unspecified atom stereocenters. The lowest BCUT2D eigenvalue weighted by Gasteiger charge is -2.03. The van der Waals surface area contributed by atoms with E-state index >= 15 is 0 Å². The summed E-state index contributed by atoms with van der Waals surface area (Å²) in [5.74, 6) is 1.34. The first-order chi connectivity index (χ1) is 11.8. The van der Waals surface area contributed by atoms with Crippen molar-refractivity contribution in [3.8, 4) is 16.4 Å². The van der Waals surface area contributed by atoms with Gasteiger partial charge in [0.05, 0.1) is 17.1 Å². The number of thioether (sulfide) groups is 1. The molecule has 24 heavy (non-hydrogen) atoms. The normalized spacial score (nSPS) is 13.8. The maximum Gasteiger partial charge on any atom is 0.296 e. The predicted molar refractivity (Wildman–Crippen MR) is 96.9 cm³/mol. The van der Waals surface area contributed by atoms with Crippen molar-refractivity contribution in [1.29, 1.82) is 0 Å². The Balaban J connectivity index is 1.72. The van der Waals surface area contributed by atoms with Crippen LogP contribution in [0.25, 0.3) is 16.4 Å². The lowest BCUT2D eigenvalue weighted by molar-refractivity contribution is 0.0968. The van der Waals surface area contributed by atoms with Crippen molar-refractivity contribution < 1.29 is 4.79 Å². The second kappa shape index (κ2) is 6.58. The molecule has 0 saturated carbocycles. The Bertz CT molecular complexity index is 887. The van der Waals surface area contributed by atoms with E-state index in [4.69, 9.17) is 0 Å². The van der Waals surface area contributed by atoms with Crippen LogP contribution in [0.15, 0.2) is 52.8 Å². The Morgan fingerprint density at radius 3 is 2.75 bits per heavy atom. The number of amidine groups is 1. The zero-order valence-corrected chi connectivity index (χ0v) is 14.2. The van der Waals surface area contributed by atoms with Gasteiger partial charge in [-0.3, -0.25) is 15.1 Å². The molecule has 1 aliphatic heterocycles. The third-order valence-electron chi connectivity index (χ3n) is 3.36. The van der Waals surface area contributed by atoms with Crippen LogP contribution in [0.4, 0.5) is 0 Å². The van der Waals surface area contributed by atoms with Gasteiger partial charge in [0, 0.05) is 5.75 Å². The van der Waals surface area contributed by atoms with E-state index < -0.39 is 0 Å². The summed E-state index contributed by atoms with van der Waals surface area (Å²) in [4.78, 5) is 22.1. The average molecular weight is 355 g/mol. The molecular weight excluding hydrogens is 342 g/mol. The average Bonchev–Trinajstić information content (AvgIpc) is 3.36. The molecule has 3 heterocycles. The van der Waals surface area contributed by atoms with Crippen molar-refractivity contribution in [2.24, 2.45) is 4.99 Å². The molecule has 0 radical (unpaired) electrons. The summed E-state index contributed by atoms with van der Waals surface area (Å²) in [6, 6.07) is 13.6. The molecular formula is C16H13N5OS2. The molecule has 120 valence electrons. The lowest BCUT2D eigenvalue weighted by atomic mass is 10.3. The van der Waals surface area contributed by atoms with Crippen LogP contribution in [-0.4, -0.2) is 38.1 Å². The number of hydrogen-bond donors (Lipinski definition) is 1. The van der Waals surface area contributed by atoms with Crippen LogP contribution < -0.4 is 5.32 Å². The van der Waals surface area contributed by atoms with E-state index in [9.17, 15) is 4.79 Å². The van der Waals surface area contributed by atoms with E-state index in [2.05, 4.69) is 20.4 Å². The van der Waals surface area contributed by atoms with Crippen molar-refractivity contribution in [1.82, 2.24) is 20.1 Å². The molecule has 0 bridgehead atoms. The van der Waals surface area contributed by atoms with Crippen LogP contribution in [0.2, 0.25) is 0 Å². The van der Waals surface area contributed by atoms with E-state index in [0.717, 1.165) is 22.9 Å². The molecule has 3 aromatic rings. The molecule has 8 heteroatoms. The fourth-order valence-electron chi connectivity index (χ4n) is 2.29. The molecule has 1 aliphatic rings. The lowest BCUT2D eigenvalue weighted by Crippen LogP contribution is -2.28. The molecule has 2 aromatic heterocycles. The maximum absolute atomic E-state index is 12.4. The van der Waals surface area contributed by atoms with E-state index in [1.165, 1.54) is 11.8 Å². The Labute approximate surface area is 146 Å². The molecule has 0 saturated heterocycles. The first-order valence-corrected chi connectivity index (χ1v) is 9.23. The van der Waals surface area contributed by atoms with Gasteiger partial charge in [0.1, 0.15) is 0 Å². The zero-order chi connectivity index (χ0) is 16.4. The number of carbonyl (C=O) groups is 1. The van der Waals surface area contributed by atoms with Crippen LogP contribution in [0.3, 0.4) is 0 Å². The summed E-state index contributed by atoms with van der Waals surface area (Å²) in [6.07, 6.45) is 0. The van der Waals surface area contributed by atoms with Gasteiger partial charge in [-0.1, -0.05) is 36.0 Å². The number of benzene rings is 1. The first kappa shape index (κ1) is 15.1. The third kappa shape index (κ3) is 2.98. The number of hydrogen-bond acceptors (Lipinski definition) is 6. The molecule has 0 fully saturated rings. The summed E-state index contributed by atoms with van der Waals surface area (Å²) < 4.78 is 1.70. The number of carbonyl (C=O) groups excluding carboxylic acids is 1. The van der Waals surface area contributed by atoms with E-state index in [0.29, 0.717) is 11.0 Å². The highest BCUT2D eigenvalue weighted by atomic mass is 32.2. The predicted octanol–water partition coefficient (Wildman–Crippen LogP) is 2.83. The van der Waals surface area contributed by atoms with Gasteiger partial charge in [-0.25, -0.2) is 9.67 Å². The largest absolute Gasteiger partial charge is 0.299 e. The summed E-state index contributed by atoms with van der Waals surface area (Å²) >= 11 is 3.09. The molecule has 6 nitrogen and oxygen atoms in total. The highest BCUT2D eigenvalue weighted by Crippen LogP contribution is 2.25. The monoisotopic (exact) mass is 355 g/mol. The standard InChI is InChI=1S/C16H13N5OS2/c22-15(19-16-17-8-10-24-16)13-18-14(12-7-4-9-23-12)21(20-13)11-5-2-1-3-6-11/h1-7,9H,8,10H2,(H,17,19,22). The second-order valence-electron chi connectivity index (χ2n) is 4.97. The van der Waals surface area contributed by atoms with Gasteiger partial charge in [0.25, 0.3) is 5.91 Å². The number of thiophene rings is 1. The second-order valence-corrected chi connectivity index (χ2v) is 7.00. The van der Waals surface area contributed by atoms with Crippen molar-refractivity contribution in [2.75, 3.05) is 12.3 Å². The summed E-state index contributed by atoms with van der Waals surface area (Å²) in [7, 11) is 0. The van der Waals surface area contributed by atoms with Gasteiger partial charge in [-0.05, 0) is 23.6 Å².